The van der Waals surface area contributed by atoms with Crippen LogP contribution in [0.4, 0.5) is 0 Å². The van der Waals surface area contributed by atoms with E-state index in [-0.39, 0.29) is 0 Å². The molecule has 1 rings (SSSR count). The molecule has 1 aromatic heterocycles. The summed E-state index contributed by atoms with van der Waals surface area (Å²) in [7, 11) is 0. The fourth-order valence-corrected chi connectivity index (χ4v) is 1.45. The summed E-state index contributed by atoms with van der Waals surface area (Å²) in [6.07, 6.45) is 4.82. The molecule has 0 saturated heterocycles. The van der Waals surface area contributed by atoms with Crippen LogP contribution in [0.25, 0.3) is 0 Å². The number of rotatable bonds is 6. The van der Waals surface area contributed by atoms with Crippen LogP contribution in [0.15, 0.2) is 18.5 Å². The molecule has 1 aromatic rings. The second-order valence-electron chi connectivity index (χ2n) is 2.98. The first-order chi connectivity index (χ1) is 6.36. The lowest BCUT2D eigenvalue weighted by Crippen LogP contribution is -2.32. The smallest absolute Gasteiger partial charge is 0.0534 e. The van der Waals surface area contributed by atoms with E-state index in [1.807, 2.05) is 16.9 Å². The van der Waals surface area contributed by atoms with Gasteiger partial charge in [-0.05, 0) is 12.5 Å². The quantitative estimate of drug-likeness (QED) is 0.707. The van der Waals surface area contributed by atoms with Crippen molar-refractivity contribution in [1.82, 2.24) is 15.1 Å². The molecule has 0 aromatic carbocycles. The summed E-state index contributed by atoms with van der Waals surface area (Å²) in [6, 6.07) is 2.36. The number of nitrogens with zero attached hydrogens (tertiary/aromatic N) is 2. The number of alkyl halides is 1. The highest BCUT2D eigenvalue weighted by molar-refractivity contribution is 6.18. The minimum Gasteiger partial charge on any atom is -0.311 e. The Balaban J connectivity index is 2.13. The average molecular weight is 202 g/mol. The molecule has 0 aliphatic carbocycles. The molecule has 0 fully saturated rings. The van der Waals surface area contributed by atoms with E-state index in [2.05, 4.69) is 17.3 Å². The van der Waals surface area contributed by atoms with Crippen LogP contribution in [0.2, 0.25) is 0 Å². The molecule has 0 amide bonds. The summed E-state index contributed by atoms with van der Waals surface area (Å²) in [4.78, 5) is 0. The van der Waals surface area contributed by atoms with E-state index < -0.39 is 0 Å². The molecule has 0 aliphatic heterocycles. The SMILES string of the molecule is CCC(CCl)NCCn1cccn1. The Morgan fingerprint density at radius 3 is 3.00 bits per heavy atom. The van der Waals surface area contributed by atoms with Gasteiger partial charge in [0.1, 0.15) is 0 Å². The molecule has 0 bridgehead atoms. The van der Waals surface area contributed by atoms with Gasteiger partial charge in [0.05, 0.1) is 6.54 Å². The van der Waals surface area contributed by atoms with Crippen molar-refractivity contribution in [1.29, 1.82) is 0 Å². The topological polar surface area (TPSA) is 29.9 Å². The lowest BCUT2D eigenvalue weighted by atomic mass is 10.2. The van der Waals surface area contributed by atoms with Crippen LogP contribution in [0.5, 0.6) is 0 Å². The van der Waals surface area contributed by atoms with Crippen LogP contribution in [-0.4, -0.2) is 28.2 Å². The van der Waals surface area contributed by atoms with Crippen molar-refractivity contribution in [2.75, 3.05) is 12.4 Å². The van der Waals surface area contributed by atoms with Gasteiger partial charge in [-0.15, -0.1) is 11.6 Å². The molecule has 0 saturated carbocycles. The van der Waals surface area contributed by atoms with Gasteiger partial charge in [-0.3, -0.25) is 4.68 Å². The van der Waals surface area contributed by atoms with Crippen molar-refractivity contribution in [3.63, 3.8) is 0 Å². The first-order valence-corrected chi connectivity index (χ1v) is 5.17. The Hall–Kier alpha value is -0.540. The molecule has 1 unspecified atom stereocenters. The van der Waals surface area contributed by atoms with E-state index in [1.165, 1.54) is 0 Å². The zero-order valence-electron chi connectivity index (χ0n) is 7.91. The van der Waals surface area contributed by atoms with E-state index in [4.69, 9.17) is 11.6 Å². The van der Waals surface area contributed by atoms with Crippen LogP contribution in [0.3, 0.4) is 0 Å². The molecule has 0 aliphatic rings. The summed E-state index contributed by atoms with van der Waals surface area (Å²) in [5.74, 6) is 0.676. The molecule has 74 valence electrons. The molecule has 13 heavy (non-hydrogen) atoms. The second kappa shape index (κ2) is 6.00. The number of nitrogens with one attached hydrogen (secondary N) is 1. The molecule has 0 spiro atoms. The zero-order chi connectivity index (χ0) is 9.52. The molecule has 1 heterocycles. The van der Waals surface area contributed by atoms with Gasteiger partial charge in [-0.1, -0.05) is 6.92 Å². The third kappa shape index (κ3) is 3.79. The van der Waals surface area contributed by atoms with Gasteiger partial charge in [-0.2, -0.15) is 5.10 Å². The lowest BCUT2D eigenvalue weighted by Gasteiger charge is -2.13. The van der Waals surface area contributed by atoms with Crippen LogP contribution >= 0.6 is 11.6 Å². The third-order valence-corrected chi connectivity index (χ3v) is 2.38. The Morgan fingerprint density at radius 1 is 1.62 bits per heavy atom. The standard InChI is InChI=1S/C9H16ClN3/c1-2-9(8-10)11-5-7-13-6-3-4-12-13/h3-4,6,9,11H,2,5,7-8H2,1H3. The normalized spacial score (nSPS) is 13.1. The highest BCUT2D eigenvalue weighted by atomic mass is 35.5. The molecule has 0 radical (unpaired) electrons. The van der Waals surface area contributed by atoms with E-state index >= 15 is 0 Å². The van der Waals surface area contributed by atoms with Gasteiger partial charge in [0.25, 0.3) is 0 Å². The van der Waals surface area contributed by atoms with Crippen molar-refractivity contribution < 1.29 is 0 Å². The van der Waals surface area contributed by atoms with Gasteiger partial charge >= 0.3 is 0 Å². The van der Waals surface area contributed by atoms with E-state index in [1.54, 1.807) is 6.20 Å². The lowest BCUT2D eigenvalue weighted by molar-refractivity contribution is 0.490. The Labute approximate surface area is 84.1 Å². The predicted octanol–water partition coefficient (Wildman–Crippen LogP) is 1.49. The van der Waals surface area contributed by atoms with Crippen molar-refractivity contribution in [2.45, 2.75) is 25.9 Å². The molecule has 3 nitrogen and oxygen atoms in total. The highest BCUT2D eigenvalue weighted by Gasteiger charge is 2.01. The minimum atomic E-state index is 0.428. The average Bonchev–Trinajstić information content (AvgIpc) is 2.65. The van der Waals surface area contributed by atoms with Gasteiger partial charge in [0.2, 0.25) is 0 Å². The predicted molar refractivity (Wildman–Crippen MR) is 55.0 cm³/mol. The Morgan fingerprint density at radius 2 is 2.46 bits per heavy atom. The van der Waals surface area contributed by atoms with Gasteiger partial charge in [-0.25, -0.2) is 0 Å². The van der Waals surface area contributed by atoms with Gasteiger partial charge in [0.15, 0.2) is 0 Å². The first-order valence-electron chi connectivity index (χ1n) is 4.63. The van der Waals surface area contributed by atoms with Crippen LogP contribution in [0.1, 0.15) is 13.3 Å². The molecular weight excluding hydrogens is 186 g/mol. The number of aromatic nitrogens is 2. The fourth-order valence-electron chi connectivity index (χ4n) is 1.12. The number of hydrogen-bond donors (Lipinski definition) is 1. The summed E-state index contributed by atoms with van der Waals surface area (Å²) < 4.78 is 1.91. The number of halogens is 1. The van der Waals surface area contributed by atoms with Crippen LogP contribution in [-0.2, 0) is 6.54 Å². The van der Waals surface area contributed by atoms with Crippen molar-refractivity contribution in [3.05, 3.63) is 18.5 Å². The zero-order valence-corrected chi connectivity index (χ0v) is 8.67. The second-order valence-corrected chi connectivity index (χ2v) is 3.29. The molecule has 4 heteroatoms. The van der Waals surface area contributed by atoms with E-state index in [0.717, 1.165) is 19.5 Å². The summed E-state index contributed by atoms with van der Waals surface area (Å²) in [6.45, 7) is 3.96. The van der Waals surface area contributed by atoms with Crippen LogP contribution < -0.4 is 5.32 Å². The minimum absolute atomic E-state index is 0.428. The van der Waals surface area contributed by atoms with Gasteiger partial charge < -0.3 is 5.32 Å². The molecule has 1 atom stereocenters. The fraction of sp³-hybridized carbons (Fsp3) is 0.667. The maximum absolute atomic E-state index is 5.74. The Bertz CT molecular complexity index is 207. The summed E-state index contributed by atoms with van der Waals surface area (Å²) in [5, 5.41) is 7.47. The maximum atomic E-state index is 5.74. The highest BCUT2D eigenvalue weighted by Crippen LogP contribution is 1.93. The van der Waals surface area contributed by atoms with E-state index in [0.29, 0.717) is 11.9 Å². The van der Waals surface area contributed by atoms with Crippen LogP contribution in [0, 0.1) is 0 Å². The van der Waals surface area contributed by atoms with Crippen molar-refractivity contribution >= 4 is 11.6 Å². The van der Waals surface area contributed by atoms with Crippen molar-refractivity contribution in [3.8, 4) is 0 Å². The molecule has 1 N–H and O–H groups in total. The Kier molecular flexibility index (Phi) is 4.86. The molecular formula is C9H16ClN3. The largest absolute Gasteiger partial charge is 0.311 e. The van der Waals surface area contributed by atoms with Gasteiger partial charge in [0, 0.05) is 30.9 Å². The summed E-state index contributed by atoms with van der Waals surface area (Å²) >= 11 is 5.74. The summed E-state index contributed by atoms with van der Waals surface area (Å²) in [5.41, 5.74) is 0. The third-order valence-electron chi connectivity index (χ3n) is 2.01. The maximum Gasteiger partial charge on any atom is 0.0534 e. The first kappa shape index (κ1) is 10.5. The van der Waals surface area contributed by atoms with Crippen molar-refractivity contribution in [2.24, 2.45) is 0 Å². The van der Waals surface area contributed by atoms with E-state index in [9.17, 15) is 0 Å². The monoisotopic (exact) mass is 201 g/mol. The number of hydrogen-bond acceptors (Lipinski definition) is 2.